The van der Waals surface area contributed by atoms with E-state index < -0.39 is 17.0 Å². The van der Waals surface area contributed by atoms with Crippen LogP contribution in [0, 0.1) is 23.4 Å². The Morgan fingerprint density at radius 3 is 2.33 bits per heavy atom. The minimum atomic E-state index is -0.611. The molecule has 126 valence electrons. The third-order valence-corrected chi connectivity index (χ3v) is 4.80. The topological polar surface area (TPSA) is 29.1 Å². The lowest BCUT2D eigenvalue weighted by Gasteiger charge is -2.19. The lowest BCUT2D eigenvalue weighted by molar-refractivity contribution is -0.120. The fourth-order valence-electron chi connectivity index (χ4n) is 3.20. The number of hydrogen-bond donors (Lipinski definition) is 1. The van der Waals surface area contributed by atoms with Gasteiger partial charge in [0.05, 0.1) is 6.42 Å². The van der Waals surface area contributed by atoms with Crippen molar-refractivity contribution in [3.8, 4) is 0 Å². The Hall–Kier alpha value is -2.30. The van der Waals surface area contributed by atoms with Crippen LogP contribution in [-0.4, -0.2) is 12.5 Å². The zero-order valence-electron chi connectivity index (χ0n) is 13.3. The van der Waals surface area contributed by atoms with Gasteiger partial charge in [0.1, 0.15) is 17.5 Å². The highest BCUT2D eigenvalue weighted by Crippen LogP contribution is 2.54. The van der Waals surface area contributed by atoms with Gasteiger partial charge in [-0.2, -0.15) is 0 Å². The molecule has 1 aliphatic carbocycles. The fraction of sp³-hybridized carbons (Fsp3) is 0.316. The van der Waals surface area contributed by atoms with Gasteiger partial charge in [-0.1, -0.05) is 25.1 Å². The third-order valence-electron chi connectivity index (χ3n) is 4.80. The van der Waals surface area contributed by atoms with Gasteiger partial charge in [0, 0.05) is 18.0 Å². The monoisotopic (exact) mass is 333 g/mol. The SMILES string of the molecule is CC1CC1(CNC(=O)Cc1ccc(F)cc1)c1ccc(F)cc1F. The molecule has 2 aromatic carbocycles. The molecular weight excluding hydrogens is 315 g/mol. The molecule has 0 radical (unpaired) electrons. The Kier molecular flexibility index (Phi) is 4.35. The standard InChI is InChI=1S/C19H18F3NO/c1-12-10-19(12,16-7-6-15(21)9-17(16)22)11-23-18(24)8-13-2-4-14(20)5-3-13/h2-7,9,12H,8,10-11H2,1H3,(H,23,24). The first-order chi connectivity index (χ1) is 11.4. The smallest absolute Gasteiger partial charge is 0.224 e. The Balaban J connectivity index is 1.66. The van der Waals surface area contributed by atoms with Crippen LogP contribution >= 0.6 is 0 Å². The first-order valence-electron chi connectivity index (χ1n) is 7.87. The van der Waals surface area contributed by atoms with Crippen molar-refractivity contribution in [3.05, 3.63) is 71.0 Å². The molecule has 2 unspecified atom stereocenters. The van der Waals surface area contributed by atoms with Crippen molar-refractivity contribution >= 4 is 5.91 Å². The second-order valence-electron chi connectivity index (χ2n) is 6.47. The number of rotatable bonds is 5. The molecule has 0 saturated heterocycles. The molecule has 1 aliphatic rings. The van der Waals surface area contributed by atoms with Crippen LogP contribution in [-0.2, 0) is 16.6 Å². The van der Waals surface area contributed by atoms with Crippen LogP contribution < -0.4 is 5.32 Å². The first kappa shape index (κ1) is 16.6. The molecule has 0 heterocycles. The largest absolute Gasteiger partial charge is 0.355 e. The van der Waals surface area contributed by atoms with Gasteiger partial charge in [0.15, 0.2) is 0 Å². The molecule has 1 N–H and O–H groups in total. The molecule has 5 heteroatoms. The Morgan fingerprint density at radius 1 is 1.12 bits per heavy atom. The molecule has 2 atom stereocenters. The van der Waals surface area contributed by atoms with E-state index in [-0.39, 0.29) is 24.1 Å². The summed E-state index contributed by atoms with van der Waals surface area (Å²) >= 11 is 0. The first-order valence-corrected chi connectivity index (χ1v) is 7.87. The number of hydrogen-bond acceptors (Lipinski definition) is 1. The van der Waals surface area contributed by atoms with E-state index in [0.29, 0.717) is 17.7 Å². The van der Waals surface area contributed by atoms with Crippen molar-refractivity contribution in [1.29, 1.82) is 0 Å². The normalized spacial score (nSPS) is 22.2. The third kappa shape index (κ3) is 3.30. The van der Waals surface area contributed by atoms with Crippen molar-refractivity contribution in [2.75, 3.05) is 6.54 Å². The van der Waals surface area contributed by atoms with Gasteiger partial charge in [-0.05, 0) is 41.7 Å². The number of benzene rings is 2. The summed E-state index contributed by atoms with van der Waals surface area (Å²) in [4.78, 5) is 12.1. The van der Waals surface area contributed by atoms with Crippen LogP contribution in [0.25, 0.3) is 0 Å². The molecule has 0 aliphatic heterocycles. The Labute approximate surface area is 138 Å². The van der Waals surface area contributed by atoms with E-state index in [2.05, 4.69) is 5.32 Å². The summed E-state index contributed by atoms with van der Waals surface area (Å²) in [7, 11) is 0. The van der Waals surface area contributed by atoms with Gasteiger partial charge >= 0.3 is 0 Å². The van der Waals surface area contributed by atoms with Crippen molar-refractivity contribution in [2.24, 2.45) is 5.92 Å². The van der Waals surface area contributed by atoms with Gasteiger partial charge in [-0.25, -0.2) is 13.2 Å². The molecular formula is C19H18F3NO. The van der Waals surface area contributed by atoms with Gasteiger partial charge in [-0.3, -0.25) is 4.79 Å². The minimum absolute atomic E-state index is 0.136. The van der Waals surface area contributed by atoms with Gasteiger partial charge in [-0.15, -0.1) is 0 Å². The van der Waals surface area contributed by atoms with Gasteiger partial charge in [0.25, 0.3) is 0 Å². The predicted octanol–water partition coefficient (Wildman–Crippen LogP) is 3.74. The molecule has 1 fully saturated rings. The molecule has 1 saturated carbocycles. The molecule has 0 spiro atoms. The lowest BCUT2D eigenvalue weighted by atomic mass is 9.92. The van der Waals surface area contributed by atoms with E-state index in [1.54, 1.807) is 12.1 Å². The average Bonchev–Trinajstić information content (AvgIpc) is 3.19. The number of halogens is 3. The van der Waals surface area contributed by atoms with E-state index >= 15 is 0 Å². The maximum Gasteiger partial charge on any atom is 0.224 e. The quantitative estimate of drug-likeness (QED) is 0.887. The van der Waals surface area contributed by atoms with Gasteiger partial charge in [0.2, 0.25) is 5.91 Å². The zero-order valence-corrected chi connectivity index (χ0v) is 13.3. The van der Waals surface area contributed by atoms with Crippen LogP contribution in [0.4, 0.5) is 13.2 Å². The molecule has 1 amide bonds. The highest BCUT2D eigenvalue weighted by atomic mass is 19.1. The van der Waals surface area contributed by atoms with Crippen LogP contribution in [0.5, 0.6) is 0 Å². The zero-order chi connectivity index (χ0) is 17.3. The summed E-state index contributed by atoms with van der Waals surface area (Å²) in [5, 5.41) is 2.83. The summed E-state index contributed by atoms with van der Waals surface area (Å²) in [5.41, 5.74) is 0.675. The maximum atomic E-state index is 14.1. The second kappa shape index (κ2) is 6.30. The maximum absolute atomic E-state index is 14.1. The minimum Gasteiger partial charge on any atom is -0.355 e. The fourth-order valence-corrected chi connectivity index (χ4v) is 3.20. The molecule has 0 aromatic heterocycles. The van der Waals surface area contributed by atoms with E-state index in [4.69, 9.17) is 0 Å². The van der Waals surface area contributed by atoms with Crippen molar-refractivity contribution in [1.82, 2.24) is 5.32 Å². The molecule has 3 rings (SSSR count). The Morgan fingerprint density at radius 2 is 1.75 bits per heavy atom. The molecule has 0 bridgehead atoms. The van der Waals surface area contributed by atoms with E-state index in [9.17, 15) is 18.0 Å². The highest BCUT2D eigenvalue weighted by Gasteiger charge is 2.53. The summed E-state index contributed by atoms with van der Waals surface area (Å²) in [6, 6.07) is 9.31. The summed E-state index contributed by atoms with van der Waals surface area (Å²) in [6.07, 6.45) is 0.878. The Bertz CT molecular complexity index is 760. The second-order valence-corrected chi connectivity index (χ2v) is 6.47. The van der Waals surface area contributed by atoms with Crippen LogP contribution in [0.2, 0.25) is 0 Å². The molecule has 2 aromatic rings. The predicted molar refractivity (Wildman–Crippen MR) is 84.9 cm³/mol. The summed E-state index contributed by atoms with van der Waals surface area (Å²) in [6.45, 7) is 2.28. The summed E-state index contributed by atoms with van der Waals surface area (Å²) in [5.74, 6) is -1.53. The summed E-state index contributed by atoms with van der Waals surface area (Å²) < 4.78 is 40.1. The van der Waals surface area contributed by atoms with Crippen molar-refractivity contribution in [3.63, 3.8) is 0 Å². The highest BCUT2D eigenvalue weighted by molar-refractivity contribution is 5.78. The van der Waals surface area contributed by atoms with E-state index in [1.165, 1.54) is 24.3 Å². The molecule has 2 nitrogen and oxygen atoms in total. The van der Waals surface area contributed by atoms with E-state index in [1.807, 2.05) is 6.92 Å². The van der Waals surface area contributed by atoms with Crippen LogP contribution in [0.1, 0.15) is 24.5 Å². The van der Waals surface area contributed by atoms with Crippen LogP contribution in [0.15, 0.2) is 42.5 Å². The number of carbonyl (C=O) groups is 1. The average molecular weight is 333 g/mol. The number of nitrogens with one attached hydrogen (secondary N) is 1. The van der Waals surface area contributed by atoms with Crippen LogP contribution in [0.3, 0.4) is 0 Å². The lowest BCUT2D eigenvalue weighted by Crippen LogP contribution is -2.34. The van der Waals surface area contributed by atoms with Crippen molar-refractivity contribution < 1.29 is 18.0 Å². The number of carbonyl (C=O) groups excluding carboxylic acids is 1. The molecule has 24 heavy (non-hydrogen) atoms. The number of amides is 1. The van der Waals surface area contributed by atoms with E-state index in [0.717, 1.165) is 12.5 Å². The van der Waals surface area contributed by atoms with Crippen molar-refractivity contribution in [2.45, 2.75) is 25.2 Å². The van der Waals surface area contributed by atoms with Gasteiger partial charge < -0.3 is 5.32 Å².